The number of thiazole rings is 1. The number of aromatic nitrogens is 2. The fraction of sp³-hybridized carbons (Fsp3) is 0.650. The van der Waals surface area contributed by atoms with Gasteiger partial charge in [-0.2, -0.15) is 0 Å². The number of carbonyl (C=O) groups excluding carboxylic acids is 2. The standard InChI is InChI=1S/C20H29N5O3S/c1-22-7-5-9-23(11-10-22)18(26)17-16(25-12-13-29-20(25)21-17)14-24-8-4-3-6-15(24)19(27)28-2/h12-13,15H,3-11,14H2,1-2H3/t15-/m0/s1. The minimum Gasteiger partial charge on any atom is -0.468 e. The van der Waals surface area contributed by atoms with E-state index >= 15 is 0 Å². The van der Waals surface area contributed by atoms with Crippen molar-refractivity contribution in [3.63, 3.8) is 0 Å². The number of nitrogens with zero attached hydrogens (tertiary/aromatic N) is 5. The van der Waals surface area contributed by atoms with E-state index in [2.05, 4.69) is 21.8 Å². The van der Waals surface area contributed by atoms with Crippen LogP contribution < -0.4 is 0 Å². The van der Waals surface area contributed by atoms with Crippen LogP contribution in [0.4, 0.5) is 0 Å². The molecule has 0 saturated carbocycles. The fourth-order valence-corrected chi connectivity index (χ4v) is 5.06. The van der Waals surface area contributed by atoms with Crippen LogP contribution >= 0.6 is 11.3 Å². The van der Waals surface area contributed by atoms with E-state index in [0.29, 0.717) is 18.8 Å². The molecule has 8 nitrogen and oxygen atoms in total. The number of likely N-dealkylation sites (N-methyl/N-ethyl adjacent to an activating group) is 1. The molecular formula is C20H29N5O3S. The molecule has 29 heavy (non-hydrogen) atoms. The summed E-state index contributed by atoms with van der Waals surface area (Å²) in [5, 5.41) is 1.98. The highest BCUT2D eigenvalue weighted by molar-refractivity contribution is 7.15. The number of amides is 1. The number of esters is 1. The lowest BCUT2D eigenvalue weighted by atomic mass is 10.0. The quantitative estimate of drug-likeness (QED) is 0.703. The Bertz CT molecular complexity index is 879. The number of likely N-dealkylation sites (tertiary alicyclic amines) is 1. The second-order valence-electron chi connectivity index (χ2n) is 7.92. The minimum absolute atomic E-state index is 0.00201. The van der Waals surface area contributed by atoms with E-state index in [1.807, 2.05) is 20.9 Å². The third kappa shape index (κ3) is 4.17. The van der Waals surface area contributed by atoms with Crippen LogP contribution in [-0.2, 0) is 16.1 Å². The Labute approximate surface area is 175 Å². The summed E-state index contributed by atoms with van der Waals surface area (Å²) in [6.45, 7) is 4.69. The number of imidazole rings is 1. The Morgan fingerprint density at radius 1 is 1.17 bits per heavy atom. The van der Waals surface area contributed by atoms with Gasteiger partial charge in [0.25, 0.3) is 5.91 Å². The fourth-order valence-electron chi connectivity index (χ4n) is 4.33. The average molecular weight is 420 g/mol. The first-order chi connectivity index (χ1) is 14.1. The van der Waals surface area contributed by atoms with Crippen LogP contribution in [0.1, 0.15) is 41.9 Å². The summed E-state index contributed by atoms with van der Waals surface area (Å²) < 4.78 is 7.03. The van der Waals surface area contributed by atoms with E-state index in [1.165, 1.54) is 18.4 Å². The van der Waals surface area contributed by atoms with Gasteiger partial charge in [-0.1, -0.05) is 6.42 Å². The molecule has 1 atom stereocenters. The molecule has 1 amide bonds. The molecule has 158 valence electrons. The van der Waals surface area contributed by atoms with Gasteiger partial charge in [-0.25, -0.2) is 4.98 Å². The molecule has 0 spiro atoms. The van der Waals surface area contributed by atoms with E-state index in [9.17, 15) is 9.59 Å². The molecule has 4 heterocycles. The number of ether oxygens (including phenoxy) is 1. The molecule has 2 aliphatic rings. The number of hydrogen-bond donors (Lipinski definition) is 0. The van der Waals surface area contributed by atoms with E-state index in [1.54, 1.807) is 0 Å². The maximum Gasteiger partial charge on any atom is 0.323 e. The second kappa shape index (κ2) is 8.81. The van der Waals surface area contributed by atoms with Gasteiger partial charge in [-0.15, -0.1) is 11.3 Å². The molecule has 2 aromatic heterocycles. The van der Waals surface area contributed by atoms with Gasteiger partial charge in [-0.3, -0.25) is 18.9 Å². The Morgan fingerprint density at radius 2 is 2.03 bits per heavy atom. The molecule has 0 radical (unpaired) electrons. The van der Waals surface area contributed by atoms with Crippen molar-refractivity contribution in [2.45, 2.75) is 38.3 Å². The van der Waals surface area contributed by atoms with Crippen LogP contribution in [0.2, 0.25) is 0 Å². The minimum atomic E-state index is -0.257. The molecule has 4 rings (SSSR count). The van der Waals surface area contributed by atoms with Crippen molar-refractivity contribution in [1.82, 2.24) is 24.1 Å². The Morgan fingerprint density at radius 3 is 2.86 bits per heavy atom. The summed E-state index contributed by atoms with van der Waals surface area (Å²) >= 11 is 1.53. The first kappa shape index (κ1) is 20.3. The summed E-state index contributed by atoms with van der Waals surface area (Å²) in [4.78, 5) is 37.5. The maximum atomic E-state index is 13.4. The van der Waals surface area contributed by atoms with Gasteiger partial charge in [-0.05, 0) is 39.4 Å². The number of methoxy groups -OCH3 is 1. The highest BCUT2D eigenvalue weighted by Gasteiger charge is 2.33. The summed E-state index contributed by atoms with van der Waals surface area (Å²) in [7, 11) is 3.53. The van der Waals surface area contributed by atoms with E-state index in [4.69, 9.17) is 4.74 Å². The van der Waals surface area contributed by atoms with Crippen LogP contribution in [0.25, 0.3) is 4.96 Å². The number of carbonyl (C=O) groups is 2. The van der Waals surface area contributed by atoms with Gasteiger partial charge in [0.1, 0.15) is 6.04 Å². The Hall–Kier alpha value is -1.97. The smallest absolute Gasteiger partial charge is 0.323 e. The molecule has 2 fully saturated rings. The number of hydrogen-bond acceptors (Lipinski definition) is 7. The zero-order valence-electron chi connectivity index (χ0n) is 17.2. The van der Waals surface area contributed by atoms with Gasteiger partial charge in [0.15, 0.2) is 10.7 Å². The van der Waals surface area contributed by atoms with Crippen molar-refractivity contribution in [1.29, 1.82) is 0 Å². The van der Waals surface area contributed by atoms with Crippen molar-refractivity contribution < 1.29 is 14.3 Å². The second-order valence-corrected chi connectivity index (χ2v) is 8.79. The third-order valence-corrected chi connectivity index (χ3v) is 6.77. The number of rotatable bonds is 4. The summed E-state index contributed by atoms with van der Waals surface area (Å²) in [6, 6.07) is -0.257. The van der Waals surface area contributed by atoms with E-state index < -0.39 is 0 Å². The summed E-state index contributed by atoms with van der Waals surface area (Å²) in [5.74, 6) is -0.197. The molecule has 9 heteroatoms. The summed E-state index contributed by atoms with van der Waals surface area (Å²) in [5.41, 5.74) is 1.40. The largest absolute Gasteiger partial charge is 0.468 e. The van der Waals surface area contributed by atoms with Gasteiger partial charge < -0.3 is 14.5 Å². The molecule has 0 aromatic carbocycles. The van der Waals surface area contributed by atoms with Crippen molar-refractivity contribution >= 4 is 28.2 Å². The molecular weight excluding hydrogens is 390 g/mol. The molecule has 0 N–H and O–H groups in total. The van der Waals surface area contributed by atoms with Crippen molar-refractivity contribution in [2.24, 2.45) is 0 Å². The van der Waals surface area contributed by atoms with Crippen molar-refractivity contribution in [3.05, 3.63) is 23.0 Å². The third-order valence-electron chi connectivity index (χ3n) is 6.01. The zero-order valence-corrected chi connectivity index (χ0v) is 18.0. The molecule has 0 unspecified atom stereocenters. The highest BCUT2D eigenvalue weighted by atomic mass is 32.1. The van der Waals surface area contributed by atoms with Gasteiger partial charge in [0.05, 0.1) is 12.8 Å². The van der Waals surface area contributed by atoms with E-state index in [-0.39, 0.29) is 17.9 Å². The monoisotopic (exact) mass is 419 g/mol. The highest BCUT2D eigenvalue weighted by Crippen LogP contribution is 2.25. The lowest BCUT2D eigenvalue weighted by Gasteiger charge is -2.33. The SMILES string of the molecule is COC(=O)[C@@H]1CCCCN1Cc1c(C(=O)N2CCCN(C)CC2)nc2sccn12. The van der Waals surface area contributed by atoms with Gasteiger partial charge >= 0.3 is 5.97 Å². The van der Waals surface area contributed by atoms with Crippen LogP contribution in [-0.4, -0.2) is 88.9 Å². The Kier molecular flexibility index (Phi) is 6.17. The van der Waals surface area contributed by atoms with Crippen molar-refractivity contribution in [3.8, 4) is 0 Å². The summed E-state index contributed by atoms with van der Waals surface area (Å²) in [6.07, 6.45) is 5.78. The predicted octanol–water partition coefficient (Wildman–Crippen LogP) is 1.70. The van der Waals surface area contributed by atoms with E-state index in [0.717, 1.165) is 62.5 Å². The van der Waals surface area contributed by atoms with Crippen molar-refractivity contribution in [2.75, 3.05) is 46.9 Å². The average Bonchev–Trinajstić information content (AvgIpc) is 3.25. The topological polar surface area (TPSA) is 70.4 Å². The zero-order chi connectivity index (χ0) is 20.4. The lowest BCUT2D eigenvalue weighted by molar-refractivity contribution is -0.148. The molecule has 2 aliphatic heterocycles. The maximum absolute atomic E-state index is 13.4. The van der Waals surface area contributed by atoms with Crippen LogP contribution in [0.3, 0.4) is 0 Å². The Balaban J connectivity index is 1.62. The van der Waals surface area contributed by atoms with Crippen LogP contribution in [0.15, 0.2) is 11.6 Å². The predicted molar refractivity (Wildman–Crippen MR) is 111 cm³/mol. The molecule has 2 aromatic rings. The normalized spacial score (nSPS) is 22.0. The molecule has 0 bridgehead atoms. The molecule has 2 saturated heterocycles. The molecule has 0 aliphatic carbocycles. The van der Waals surface area contributed by atoms with Crippen LogP contribution in [0, 0.1) is 0 Å². The van der Waals surface area contributed by atoms with Gasteiger partial charge in [0, 0.05) is 37.8 Å². The van der Waals surface area contributed by atoms with Gasteiger partial charge in [0.2, 0.25) is 0 Å². The number of piperidine rings is 1. The lowest BCUT2D eigenvalue weighted by Crippen LogP contribution is -2.45. The first-order valence-corrected chi connectivity index (χ1v) is 11.2. The number of fused-ring (bicyclic) bond motifs is 1. The van der Waals surface area contributed by atoms with Crippen LogP contribution in [0.5, 0.6) is 0 Å². The first-order valence-electron chi connectivity index (χ1n) is 10.3.